The van der Waals surface area contributed by atoms with Crippen molar-refractivity contribution < 1.29 is 0 Å². The van der Waals surface area contributed by atoms with Gasteiger partial charge in [0, 0.05) is 42.6 Å². The standard InChI is InChI=1S/C12H22N4S/c1-5-9-8-13-6-7-16(9)11-14-10(15-17-11)12(2,3)4/h9,13H,5-8H2,1-4H3. The van der Waals surface area contributed by atoms with Gasteiger partial charge in [-0.2, -0.15) is 4.37 Å². The fourth-order valence-electron chi connectivity index (χ4n) is 2.01. The summed E-state index contributed by atoms with van der Waals surface area (Å²) in [5.74, 6) is 0.964. The van der Waals surface area contributed by atoms with Crippen LogP contribution in [-0.2, 0) is 5.41 Å². The molecule has 0 aromatic carbocycles. The van der Waals surface area contributed by atoms with Gasteiger partial charge < -0.3 is 10.2 Å². The number of hydrogen-bond acceptors (Lipinski definition) is 5. The molecule has 1 N–H and O–H groups in total. The Bertz CT molecular complexity index is 369. The Labute approximate surface area is 108 Å². The summed E-state index contributed by atoms with van der Waals surface area (Å²) in [6.07, 6.45) is 1.15. The molecule has 1 atom stereocenters. The Morgan fingerprint density at radius 3 is 2.82 bits per heavy atom. The average molecular weight is 254 g/mol. The molecule has 1 aliphatic heterocycles. The average Bonchev–Trinajstić information content (AvgIpc) is 2.77. The van der Waals surface area contributed by atoms with Crippen molar-refractivity contribution in [3.8, 4) is 0 Å². The molecule has 1 aliphatic rings. The molecule has 1 aromatic heterocycles. The van der Waals surface area contributed by atoms with Crippen LogP contribution in [0.25, 0.3) is 0 Å². The molecular weight excluding hydrogens is 232 g/mol. The second kappa shape index (κ2) is 4.90. The predicted octanol–water partition coefficient (Wildman–Crippen LogP) is 2.02. The van der Waals surface area contributed by atoms with Crippen molar-refractivity contribution in [3.05, 3.63) is 5.82 Å². The molecule has 1 fully saturated rings. The Morgan fingerprint density at radius 1 is 1.47 bits per heavy atom. The Balaban J connectivity index is 2.18. The van der Waals surface area contributed by atoms with Crippen LogP contribution in [-0.4, -0.2) is 35.0 Å². The van der Waals surface area contributed by atoms with Crippen LogP contribution in [0.2, 0.25) is 0 Å². The maximum atomic E-state index is 4.71. The molecule has 0 bridgehead atoms. The van der Waals surface area contributed by atoms with Gasteiger partial charge in [0.25, 0.3) is 0 Å². The second-order valence-electron chi connectivity index (χ2n) is 5.61. The predicted molar refractivity (Wildman–Crippen MR) is 72.9 cm³/mol. The van der Waals surface area contributed by atoms with Crippen molar-refractivity contribution in [2.45, 2.75) is 45.6 Å². The van der Waals surface area contributed by atoms with Gasteiger partial charge in [0.1, 0.15) is 5.82 Å². The minimum Gasteiger partial charge on any atom is -0.341 e. The van der Waals surface area contributed by atoms with Crippen LogP contribution in [0.3, 0.4) is 0 Å². The van der Waals surface area contributed by atoms with Gasteiger partial charge in [-0.25, -0.2) is 4.98 Å². The third kappa shape index (κ3) is 2.77. The van der Waals surface area contributed by atoms with Gasteiger partial charge in [-0.1, -0.05) is 27.7 Å². The quantitative estimate of drug-likeness (QED) is 0.876. The van der Waals surface area contributed by atoms with E-state index >= 15 is 0 Å². The van der Waals surface area contributed by atoms with Crippen molar-refractivity contribution >= 4 is 16.7 Å². The molecule has 17 heavy (non-hydrogen) atoms. The largest absolute Gasteiger partial charge is 0.341 e. The van der Waals surface area contributed by atoms with E-state index in [4.69, 9.17) is 4.98 Å². The number of rotatable bonds is 2. The van der Waals surface area contributed by atoms with Crippen LogP contribution in [0.4, 0.5) is 5.13 Å². The smallest absolute Gasteiger partial charge is 0.205 e. The van der Waals surface area contributed by atoms with Crippen LogP contribution >= 0.6 is 11.5 Å². The lowest BCUT2D eigenvalue weighted by molar-refractivity contribution is 0.464. The third-order valence-electron chi connectivity index (χ3n) is 3.15. The van der Waals surface area contributed by atoms with E-state index in [1.807, 2.05) is 0 Å². The highest BCUT2D eigenvalue weighted by molar-refractivity contribution is 7.09. The number of piperazine rings is 1. The molecule has 0 spiro atoms. The number of aromatic nitrogens is 2. The zero-order valence-corrected chi connectivity index (χ0v) is 12.0. The molecule has 1 saturated heterocycles. The first-order valence-electron chi connectivity index (χ1n) is 6.34. The normalized spacial score (nSPS) is 21.9. The van der Waals surface area contributed by atoms with Crippen LogP contribution < -0.4 is 10.2 Å². The first-order valence-corrected chi connectivity index (χ1v) is 7.11. The van der Waals surface area contributed by atoms with Gasteiger partial charge in [-0.3, -0.25) is 0 Å². The highest BCUT2D eigenvalue weighted by Gasteiger charge is 2.26. The fraction of sp³-hybridized carbons (Fsp3) is 0.833. The van der Waals surface area contributed by atoms with Crippen molar-refractivity contribution in [3.63, 3.8) is 0 Å². The summed E-state index contributed by atoms with van der Waals surface area (Å²) < 4.78 is 4.50. The Hall–Kier alpha value is -0.680. The van der Waals surface area contributed by atoms with Gasteiger partial charge in [0.15, 0.2) is 0 Å². The fourth-order valence-corrected chi connectivity index (χ4v) is 2.97. The van der Waals surface area contributed by atoms with Crippen LogP contribution in [0, 0.1) is 0 Å². The summed E-state index contributed by atoms with van der Waals surface area (Å²) >= 11 is 1.54. The molecule has 96 valence electrons. The summed E-state index contributed by atoms with van der Waals surface area (Å²) in [5.41, 5.74) is 0.0461. The number of nitrogens with one attached hydrogen (secondary N) is 1. The Kier molecular flexibility index (Phi) is 3.68. The highest BCUT2D eigenvalue weighted by atomic mass is 32.1. The van der Waals surface area contributed by atoms with Gasteiger partial charge >= 0.3 is 0 Å². The van der Waals surface area contributed by atoms with Gasteiger partial charge in [-0.15, -0.1) is 0 Å². The molecule has 2 rings (SSSR count). The third-order valence-corrected chi connectivity index (χ3v) is 3.91. The topological polar surface area (TPSA) is 41.0 Å². The summed E-state index contributed by atoms with van der Waals surface area (Å²) in [7, 11) is 0. The van der Waals surface area contributed by atoms with E-state index in [0.717, 1.165) is 37.0 Å². The molecule has 1 unspecified atom stereocenters. The Morgan fingerprint density at radius 2 is 2.24 bits per heavy atom. The van der Waals surface area contributed by atoms with Gasteiger partial charge in [0.2, 0.25) is 5.13 Å². The summed E-state index contributed by atoms with van der Waals surface area (Å²) in [5, 5.41) is 4.52. The molecule has 2 heterocycles. The van der Waals surface area contributed by atoms with E-state index in [-0.39, 0.29) is 5.41 Å². The van der Waals surface area contributed by atoms with Crippen LogP contribution in [0.15, 0.2) is 0 Å². The molecule has 1 aromatic rings. The van der Waals surface area contributed by atoms with Gasteiger partial charge in [-0.05, 0) is 6.42 Å². The molecule has 4 nitrogen and oxygen atoms in total. The lowest BCUT2D eigenvalue weighted by Crippen LogP contribution is -2.51. The molecule has 0 aliphatic carbocycles. The number of hydrogen-bond donors (Lipinski definition) is 1. The summed E-state index contributed by atoms with van der Waals surface area (Å²) in [4.78, 5) is 7.12. The monoisotopic (exact) mass is 254 g/mol. The summed E-state index contributed by atoms with van der Waals surface area (Å²) in [6, 6.07) is 0.560. The maximum Gasteiger partial charge on any atom is 0.205 e. The SMILES string of the molecule is CCC1CNCCN1c1nc(C(C)(C)C)ns1. The minimum atomic E-state index is 0.0461. The highest BCUT2D eigenvalue weighted by Crippen LogP contribution is 2.27. The van der Waals surface area contributed by atoms with Crippen molar-refractivity contribution in [1.82, 2.24) is 14.7 Å². The van der Waals surface area contributed by atoms with E-state index in [1.54, 1.807) is 0 Å². The van der Waals surface area contributed by atoms with Crippen LogP contribution in [0.1, 0.15) is 39.9 Å². The molecule has 0 radical (unpaired) electrons. The van der Waals surface area contributed by atoms with E-state index in [0.29, 0.717) is 6.04 Å². The van der Waals surface area contributed by atoms with E-state index < -0.39 is 0 Å². The van der Waals surface area contributed by atoms with Crippen molar-refractivity contribution in [2.75, 3.05) is 24.5 Å². The summed E-state index contributed by atoms with van der Waals surface area (Å²) in [6.45, 7) is 11.9. The van der Waals surface area contributed by atoms with Crippen LogP contribution in [0.5, 0.6) is 0 Å². The number of nitrogens with zero attached hydrogens (tertiary/aromatic N) is 3. The zero-order chi connectivity index (χ0) is 12.5. The first-order chi connectivity index (χ1) is 8.02. The van der Waals surface area contributed by atoms with Gasteiger partial charge in [0.05, 0.1) is 0 Å². The lowest BCUT2D eigenvalue weighted by Gasteiger charge is -2.35. The molecule has 0 amide bonds. The zero-order valence-electron chi connectivity index (χ0n) is 11.2. The lowest BCUT2D eigenvalue weighted by atomic mass is 9.96. The first kappa shape index (κ1) is 12.8. The minimum absolute atomic E-state index is 0.0461. The van der Waals surface area contributed by atoms with E-state index in [9.17, 15) is 0 Å². The molecular formula is C12H22N4S. The van der Waals surface area contributed by atoms with Crippen molar-refractivity contribution in [2.24, 2.45) is 0 Å². The molecule has 5 heteroatoms. The van der Waals surface area contributed by atoms with Crippen molar-refractivity contribution in [1.29, 1.82) is 0 Å². The van der Waals surface area contributed by atoms with E-state index in [2.05, 4.69) is 42.3 Å². The second-order valence-corrected chi connectivity index (χ2v) is 6.34. The molecule has 0 saturated carbocycles. The number of anilines is 1. The maximum absolute atomic E-state index is 4.71. The van der Waals surface area contributed by atoms with E-state index in [1.165, 1.54) is 11.5 Å².